The van der Waals surface area contributed by atoms with Gasteiger partial charge in [-0.15, -0.1) is 0 Å². The van der Waals surface area contributed by atoms with E-state index >= 15 is 0 Å². The summed E-state index contributed by atoms with van der Waals surface area (Å²) >= 11 is 0. The van der Waals surface area contributed by atoms with Crippen LogP contribution in [0, 0.1) is 13.8 Å². The van der Waals surface area contributed by atoms with Crippen LogP contribution >= 0.6 is 0 Å². The number of hydrogen-bond acceptors (Lipinski definition) is 4. The topological polar surface area (TPSA) is 67.9 Å². The zero-order valence-electron chi connectivity index (χ0n) is 12.9. The van der Waals surface area contributed by atoms with Crippen molar-refractivity contribution in [2.45, 2.75) is 39.2 Å². The number of aliphatic hydroxyl groups excluding tert-OH is 1. The van der Waals surface area contributed by atoms with E-state index in [1.807, 2.05) is 17.9 Å². The van der Waals surface area contributed by atoms with Gasteiger partial charge in [0.25, 0.3) is 0 Å². The molecule has 2 aromatic heterocycles. The second-order valence-corrected chi connectivity index (χ2v) is 5.73. The summed E-state index contributed by atoms with van der Waals surface area (Å²) in [6, 6.07) is 0.248. The first kappa shape index (κ1) is 14.1. The van der Waals surface area contributed by atoms with Gasteiger partial charge in [0.15, 0.2) is 0 Å². The number of aliphatic hydroxyl groups is 1. The summed E-state index contributed by atoms with van der Waals surface area (Å²) in [5.41, 5.74) is 4.77. The first-order chi connectivity index (χ1) is 10.1. The van der Waals surface area contributed by atoms with Crippen LogP contribution in [0.1, 0.15) is 41.4 Å². The van der Waals surface area contributed by atoms with Gasteiger partial charge in [-0.05, 0) is 33.1 Å². The number of rotatable bonds is 4. The first-order valence-corrected chi connectivity index (χ1v) is 7.54. The van der Waals surface area contributed by atoms with Crippen molar-refractivity contribution in [3.63, 3.8) is 0 Å². The van der Waals surface area contributed by atoms with Crippen LogP contribution in [0.4, 0.5) is 5.82 Å². The highest BCUT2D eigenvalue weighted by molar-refractivity contribution is 5.48. The Morgan fingerprint density at radius 3 is 2.90 bits per heavy atom. The third-order valence-corrected chi connectivity index (χ3v) is 4.38. The van der Waals surface area contributed by atoms with Crippen LogP contribution in [0.5, 0.6) is 0 Å². The number of nitrogens with one attached hydrogen (secondary N) is 1. The van der Waals surface area contributed by atoms with E-state index < -0.39 is 0 Å². The normalized spacial score (nSPS) is 17.6. The van der Waals surface area contributed by atoms with Gasteiger partial charge in [-0.2, -0.15) is 10.2 Å². The Bertz CT molecular complexity index is 643. The molecule has 6 nitrogen and oxygen atoms in total. The fourth-order valence-electron chi connectivity index (χ4n) is 3.27. The van der Waals surface area contributed by atoms with E-state index in [1.54, 1.807) is 0 Å². The lowest BCUT2D eigenvalue weighted by molar-refractivity contribution is 0.288. The predicted molar refractivity (Wildman–Crippen MR) is 81.6 cm³/mol. The maximum absolute atomic E-state index is 9.02. The molecule has 2 N–H and O–H groups in total. The number of hydrogen-bond donors (Lipinski definition) is 2. The third-order valence-electron chi connectivity index (χ3n) is 4.38. The molecule has 1 atom stereocenters. The van der Waals surface area contributed by atoms with Crippen molar-refractivity contribution < 1.29 is 5.11 Å². The molecule has 3 heterocycles. The Labute approximate surface area is 124 Å². The second kappa shape index (κ2) is 5.52. The third kappa shape index (κ3) is 2.33. The summed E-state index contributed by atoms with van der Waals surface area (Å²) in [4.78, 5) is 0. The van der Waals surface area contributed by atoms with Crippen molar-refractivity contribution >= 4 is 5.82 Å². The summed E-state index contributed by atoms with van der Waals surface area (Å²) in [7, 11) is 1.99. The summed E-state index contributed by atoms with van der Waals surface area (Å²) in [6.07, 6.45) is 4.57. The van der Waals surface area contributed by atoms with Crippen LogP contribution in [0.2, 0.25) is 0 Å². The Morgan fingerprint density at radius 2 is 2.24 bits per heavy atom. The molecule has 0 aliphatic carbocycles. The minimum absolute atomic E-state index is 0.217. The van der Waals surface area contributed by atoms with Crippen LogP contribution < -0.4 is 5.32 Å². The van der Waals surface area contributed by atoms with Gasteiger partial charge in [0, 0.05) is 37.0 Å². The highest BCUT2D eigenvalue weighted by Crippen LogP contribution is 2.34. The Hall–Kier alpha value is -1.82. The molecule has 0 spiro atoms. The first-order valence-electron chi connectivity index (χ1n) is 7.54. The van der Waals surface area contributed by atoms with E-state index in [-0.39, 0.29) is 12.6 Å². The predicted octanol–water partition coefficient (Wildman–Crippen LogP) is 1.56. The average molecular weight is 289 g/mol. The van der Waals surface area contributed by atoms with Gasteiger partial charge in [-0.3, -0.25) is 4.68 Å². The van der Waals surface area contributed by atoms with Crippen LogP contribution in [0.15, 0.2) is 6.20 Å². The van der Waals surface area contributed by atoms with E-state index in [9.17, 15) is 0 Å². The molecule has 0 fully saturated rings. The highest BCUT2D eigenvalue weighted by atomic mass is 16.2. The van der Waals surface area contributed by atoms with Crippen molar-refractivity contribution in [2.75, 3.05) is 18.5 Å². The Balaban J connectivity index is 1.99. The molecule has 21 heavy (non-hydrogen) atoms. The van der Waals surface area contributed by atoms with Crippen LogP contribution in [0.25, 0.3) is 0 Å². The summed E-state index contributed by atoms with van der Waals surface area (Å²) < 4.78 is 4.04. The lowest BCUT2D eigenvalue weighted by atomic mass is 10.00. The van der Waals surface area contributed by atoms with Crippen molar-refractivity contribution in [3.05, 3.63) is 28.7 Å². The fraction of sp³-hybridized carbons (Fsp3) is 0.600. The van der Waals surface area contributed by atoms with Gasteiger partial charge in [0.1, 0.15) is 5.82 Å². The monoisotopic (exact) mass is 289 g/mol. The second-order valence-electron chi connectivity index (χ2n) is 5.73. The molecule has 0 bridgehead atoms. The van der Waals surface area contributed by atoms with Gasteiger partial charge in [0.05, 0.1) is 17.9 Å². The number of aromatic nitrogens is 4. The van der Waals surface area contributed by atoms with Crippen LogP contribution in [0.3, 0.4) is 0 Å². The van der Waals surface area contributed by atoms with Crippen molar-refractivity contribution in [1.82, 2.24) is 19.6 Å². The molecule has 1 aliphatic heterocycles. The van der Waals surface area contributed by atoms with Gasteiger partial charge in [0.2, 0.25) is 0 Å². The molecule has 114 valence electrons. The van der Waals surface area contributed by atoms with Gasteiger partial charge in [-0.1, -0.05) is 0 Å². The summed E-state index contributed by atoms with van der Waals surface area (Å²) in [6.45, 7) is 5.35. The molecule has 6 heteroatoms. The van der Waals surface area contributed by atoms with Crippen molar-refractivity contribution in [1.29, 1.82) is 0 Å². The number of anilines is 1. The van der Waals surface area contributed by atoms with Gasteiger partial charge < -0.3 is 10.4 Å². The molecule has 2 aromatic rings. The molecular formula is C15H23N5O. The molecule has 0 amide bonds. The molecule has 1 unspecified atom stereocenters. The van der Waals surface area contributed by atoms with Crippen molar-refractivity contribution in [2.24, 2.45) is 7.05 Å². The zero-order valence-corrected chi connectivity index (χ0v) is 12.9. The van der Waals surface area contributed by atoms with Crippen LogP contribution in [-0.4, -0.2) is 37.8 Å². The minimum atomic E-state index is 0.217. The van der Waals surface area contributed by atoms with Crippen LogP contribution in [-0.2, 0) is 13.5 Å². The maximum Gasteiger partial charge on any atom is 0.128 e. The molecule has 0 aromatic carbocycles. The molecule has 0 radical (unpaired) electrons. The molecule has 1 aliphatic rings. The fourth-order valence-corrected chi connectivity index (χ4v) is 3.27. The van der Waals surface area contributed by atoms with Gasteiger partial charge >= 0.3 is 0 Å². The summed E-state index contributed by atoms with van der Waals surface area (Å²) in [5, 5.41) is 21.6. The van der Waals surface area contributed by atoms with E-state index in [4.69, 9.17) is 5.11 Å². The van der Waals surface area contributed by atoms with Gasteiger partial charge in [-0.25, -0.2) is 4.68 Å². The molecule has 0 saturated heterocycles. The SMILES string of the molecule is Cc1nn(C)c(C)c1C1CCNc2c(CCCO)cnn21. The number of nitrogens with zero attached hydrogens (tertiary/aromatic N) is 4. The minimum Gasteiger partial charge on any atom is -0.396 e. The Kier molecular flexibility index (Phi) is 3.71. The zero-order chi connectivity index (χ0) is 15.0. The highest BCUT2D eigenvalue weighted by Gasteiger charge is 2.28. The molecular weight excluding hydrogens is 266 g/mol. The largest absolute Gasteiger partial charge is 0.396 e. The van der Waals surface area contributed by atoms with E-state index in [0.717, 1.165) is 37.3 Å². The number of aryl methyl sites for hydroxylation is 3. The lowest BCUT2D eigenvalue weighted by Crippen LogP contribution is -2.25. The van der Waals surface area contributed by atoms with Crippen molar-refractivity contribution in [3.8, 4) is 0 Å². The van der Waals surface area contributed by atoms with E-state index in [1.165, 1.54) is 16.8 Å². The quantitative estimate of drug-likeness (QED) is 0.896. The molecule has 0 saturated carbocycles. The standard InChI is InChI=1S/C15H23N5O/c1-10-14(11(2)19(3)18-10)13-6-7-16-15-12(5-4-8-21)9-17-20(13)15/h9,13,16,21H,4-8H2,1-3H3. The average Bonchev–Trinajstić information content (AvgIpc) is 2.99. The Morgan fingerprint density at radius 1 is 1.43 bits per heavy atom. The van der Waals surface area contributed by atoms with E-state index in [2.05, 4.69) is 34.0 Å². The summed E-state index contributed by atoms with van der Waals surface area (Å²) in [5.74, 6) is 1.10. The van der Waals surface area contributed by atoms with E-state index in [0.29, 0.717) is 0 Å². The lowest BCUT2D eigenvalue weighted by Gasteiger charge is -2.27. The molecule has 3 rings (SSSR count). The number of fused-ring (bicyclic) bond motifs is 1. The maximum atomic E-state index is 9.02. The smallest absolute Gasteiger partial charge is 0.128 e.